The molecule has 1 aliphatic carbocycles. The SMILES string of the molecule is CCOC(=O)O/C(=C\C1CCCCCCC1)C(F)(F)F. The number of halogens is 3. The molecule has 0 aromatic carbocycles. The van der Waals surface area contributed by atoms with Crippen molar-refractivity contribution in [2.45, 2.75) is 58.0 Å². The van der Waals surface area contributed by atoms with Crippen molar-refractivity contribution in [3.05, 3.63) is 11.8 Å². The Morgan fingerprint density at radius 1 is 1.15 bits per heavy atom. The molecule has 0 spiro atoms. The lowest BCUT2D eigenvalue weighted by Gasteiger charge is -2.19. The number of carbonyl (C=O) groups excluding carboxylic acids is 1. The van der Waals surface area contributed by atoms with Gasteiger partial charge in [-0.3, -0.25) is 0 Å². The smallest absolute Gasteiger partial charge is 0.434 e. The molecule has 6 heteroatoms. The van der Waals surface area contributed by atoms with Crippen LogP contribution in [0.5, 0.6) is 0 Å². The first-order valence-electron chi connectivity index (χ1n) is 7.07. The zero-order valence-electron chi connectivity index (χ0n) is 11.7. The van der Waals surface area contributed by atoms with Gasteiger partial charge in [0.25, 0.3) is 0 Å². The maximum Gasteiger partial charge on any atom is 0.513 e. The van der Waals surface area contributed by atoms with E-state index in [0.29, 0.717) is 12.8 Å². The molecule has 0 N–H and O–H groups in total. The largest absolute Gasteiger partial charge is 0.513 e. The summed E-state index contributed by atoms with van der Waals surface area (Å²) in [5, 5.41) is 0. The predicted octanol–water partition coefficient (Wildman–Crippen LogP) is 4.97. The summed E-state index contributed by atoms with van der Waals surface area (Å²) >= 11 is 0. The van der Waals surface area contributed by atoms with Crippen molar-refractivity contribution in [1.82, 2.24) is 0 Å². The molecule has 0 amide bonds. The highest BCUT2D eigenvalue weighted by molar-refractivity contribution is 5.61. The van der Waals surface area contributed by atoms with Crippen LogP contribution in [0.4, 0.5) is 18.0 Å². The fraction of sp³-hybridized carbons (Fsp3) is 0.786. The highest BCUT2D eigenvalue weighted by Crippen LogP contribution is 2.31. The van der Waals surface area contributed by atoms with E-state index in [9.17, 15) is 18.0 Å². The highest BCUT2D eigenvalue weighted by Gasteiger charge is 2.38. The molecule has 0 aromatic rings. The standard InChI is InChI=1S/C14H21F3O3/c1-2-19-13(18)20-12(14(15,16)17)10-11-8-6-4-3-5-7-9-11/h10-11H,2-9H2,1H3/b12-10-. The lowest BCUT2D eigenvalue weighted by Crippen LogP contribution is -2.20. The molecule has 20 heavy (non-hydrogen) atoms. The van der Waals surface area contributed by atoms with E-state index in [2.05, 4.69) is 9.47 Å². The first kappa shape index (κ1) is 16.9. The number of alkyl halides is 3. The van der Waals surface area contributed by atoms with Crippen LogP contribution in [0.3, 0.4) is 0 Å². The van der Waals surface area contributed by atoms with Gasteiger partial charge in [-0.15, -0.1) is 0 Å². The molecule has 0 unspecified atom stereocenters. The molecule has 3 nitrogen and oxygen atoms in total. The first-order chi connectivity index (χ1) is 9.43. The fourth-order valence-electron chi connectivity index (χ4n) is 2.29. The summed E-state index contributed by atoms with van der Waals surface area (Å²) in [7, 11) is 0. The number of allylic oxidation sites excluding steroid dienone is 2. The van der Waals surface area contributed by atoms with Crippen LogP contribution in [0.2, 0.25) is 0 Å². The lowest BCUT2D eigenvalue weighted by molar-refractivity contribution is -0.126. The number of rotatable bonds is 3. The van der Waals surface area contributed by atoms with Gasteiger partial charge in [0.1, 0.15) is 0 Å². The minimum atomic E-state index is -4.67. The van der Waals surface area contributed by atoms with Gasteiger partial charge in [0.05, 0.1) is 6.61 Å². The number of hydrogen-bond acceptors (Lipinski definition) is 3. The molecule has 0 saturated heterocycles. The normalized spacial score (nSPS) is 19.1. The van der Waals surface area contributed by atoms with Crippen LogP contribution in [0, 0.1) is 5.92 Å². The number of hydrogen-bond donors (Lipinski definition) is 0. The van der Waals surface area contributed by atoms with E-state index >= 15 is 0 Å². The molecule has 1 rings (SSSR count). The van der Waals surface area contributed by atoms with Crippen molar-refractivity contribution in [2.75, 3.05) is 6.61 Å². The van der Waals surface area contributed by atoms with Crippen molar-refractivity contribution < 1.29 is 27.4 Å². The Hall–Kier alpha value is -1.20. The molecule has 1 fully saturated rings. The Balaban J connectivity index is 2.74. The molecular formula is C14H21F3O3. The van der Waals surface area contributed by atoms with Crippen LogP contribution in [0.15, 0.2) is 11.8 Å². The van der Waals surface area contributed by atoms with Crippen LogP contribution in [0.1, 0.15) is 51.9 Å². The highest BCUT2D eigenvalue weighted by atomic mass is 19.4. The van der Waals surface area contributed by atoms with E-state index in [1.54, 1.807) is 0 Å². The van der Waals surface area contributed by atoms with Crippen molar-refractivity contribution in [3.63, 3.8) is 0 Å². The number of carbonyl (C=O) groups is 1. The van der Waals surface area contributed by atoms with Gasteiger partial charge in [0.2, 0.25) is 5.76 Å². The Bertz CT molecular complexity index is 329. The number of ether oxygens (including phenoxy) is 2. The van der Waals surface area contributed by atoms with Gasteiger partial charge < -0.3 is 9.47 Å². The van der Waals surface area contributed by atoms with Crippen LogP contribution < -0.4 is 0 Å². The maximum atomic E-state index is 12.9. The molecular weight excluding hydrogens is 273 g/mol. The van der Waals surface area contributed by atoms with Crippen molar-refractivity contribution >= 4 is 6.16 Å². The van der Waals surface area contributed by atoms with E-state index in [4.69, 9.17) is 0 Å². The van der Waals surface area contributed by atoms with Crippen LogP contribution in [-0.4, -0.2) is 18.9 Å². The Morgan fingerprint density at radius 3 is 2.20 bits per heavy atom. The minimum Gasteiger partial charge on any atom is -0.434 e. The van der Waals surface area contributed by atoms with Crippen molar-refractivity contribution in [2.24, 2.45) is 5.92 Å². The Morgan fingerprint density at radius 2 is 1.70 bits per heavy atom. The predicted molar refractivity (Wildman–Crippen MR) is 68.1 cm³/mol. The second-order valence-electron chi connectivity index (χ2n) is 4.92. The molecule has 0 bridgehead atoms. The van der Waals surface area contributed by atoms with Gasteiger partial charge in [-0.05, 0) is 31.8 Å². The van der Waals surface area contributed by atoms with Gasteiger partial charge in [0.15, 0.2) is 0 Å². The second kappa shape index (κ2) is 8.17. The molecule has 0 atom stereocenters. The minimum absolute atomic E-state index is 0.0204. The molecule has 0 aromatic heterocycles. The van der Waals surface area contributed by atoms with Gasteiger partial charge in [-0.2, -0.15) is 13.2 Å². The second-order valence-corrected chi connectivity index (χ2v) is 4.92. The summed E-state index contributed by atoms with van der Waals surface area (Å²) in [6.45, 7) is 1.49. The molecule has 0 aliphatic heterocycles. The molecule has 116 valence electrons. The summed E-state index contributed by atoms with van der Waals surface area (Å²) in [6, 6.07) is 0. The summed E-state index contributed by atoms with van der Waals surface area (Å²) in [5.41, 5.74) is 0. The molecule has 0 heterocycles. The van der Waals surface area contributed by atoms with Crippen molar-refractivity contribution in [3.8, 4) is 0 Å². The summed E-state index contributed by atoms with van der Waals surface area (Å²) in [4.78, 5) is 11.1. The first-order valence-corrected chi connectivity index (χ1v) is 7.07. The van der Waals surface area contributed by atoms with Crippen LogP contribution in [-0.2, 0) is 9.47 Å². The van der Waals surface area contributed by atoms with E-state index in [1.165, 1.54) is 6.92 Å². The summed E-state index contributed by atoms with van der Waals surface area (Å²) in [6.07, 6.45) is 1.52. The molecule has 1 saturated carbocycles. The zero-order valence-corrected chi connectivity index (χ0v) is 11.7. The van der Waals surface area contributed by atoms with E-state index < -0.39 is 18.1 Å². The van der Waals surface area contributed by atoms with E-state index in [1.807, 2.05) is 0 Å². The van der Waals surface area contributed by atoms with E-state index in [0.717, 1.165) is 38.2 Å². The van der Waals surface area contributed by atoms with Crippen LogP contribution >= 0.6 is 0 Å². The van der Waals surface area contributed by atoms with Crippen molar-refractivity contribution in [1.29, 1.82) is 0 Å². The lowest BCUT2D eigenvalue weighted by atomic mass is 9.90. The Kier molecular flexibility index (Phi) is 6.88. The third-order valence-electron chi connectivity index (χ3n) is 3.27. The average Bonchev–Trinajstić information content (AvgIpc) is 2.30. The van der Waals surface area contributed by atoms with Gasteiger partial charge >= 0.3 is 12.3 Å². The zero-order chi connectivity index (χ0) is 15.0. The third kappa shape index (κ3) is 6.30. The Labute approximate surface area is 117 Å². The van der Waals surface area contributed by atoms with Crippen LogP contribution in [0.25, 0.3) is 0 Å². The van der Waals surface area contributed by atoms with Gasteiger partial charge in [-0.1, -0.05) is 32.1 Å². The molecule has 0 radical (unpaired) electrons. The quantitative estimate of drug-likeness (QED) is 0.545. The maximum absolute atomic E-state index is 12.9. The topological polar surface area (TPSA) is 35.5 Å². The summed E-state index contributed by atoms with van der Waals surface area (Å²) < 4.78 is 47.3. The monoisotopic (exact) mass is 294 g/mol. The third-order valence-corrected chi connectivity index (χ3v) is 3.27. The van der Waals surface area contributed by atoms with E-state index in [-0.39, 0.29) is 12.5 Å². The fourth-order valence-corrected chi connectivity index (χ4v) is 2.29. The molecule has 1 aliphatic rings. The van der Waals surface area contributed by atoms with Gasteiger partial charge in [-0.25, -0.2) is 4.79 Å². The van der Waals surface area contributed by atoms with Gasteiger partial charge in [0, 0.05) is 0 Å². The average molecular weight is 294 g/mol. The summed E-state index contributed by atoms with van der Waals surface area (Å²) in [5.74, 6) is -1.44.